The number of carboxylic acid groups (broad SMARTS) is 1. The molecule has 18 heavy (non-hydrogen) atoms. The van der Waals surface area contributed by atoms with E-state index < -0.39 is 16.6 Å². The molecule has 1 unspecified atom stereocenters. The van der Waals surface area contributed by atoms with Gasteiger partial charge in [0.25, 0.3) is 0 Å². The van der Waals surface area contributed by atoms with Gasteiger partial charge in [-0.2, -0.15) is 0 Å². The first-order chi connectivity index (χ1) is 8.15. The Balaban J connectivity index is 4.14. The van der Waals surface area contributed by atoms with Gasteiger partial charge in [-0.25, -0.2) is 8.78 Å². The number of alkyl halides is 2. The van der Waals surface area contributed by atoms with Crippen molar-refractivity contribution in [3.63, 3.8) is 0 Å². The maximum absolute atomic E-state index is 13.2. The second kappa shape index (κ2) is 7.31. The van der Waals surface area contributed by atoms with E-state index in [9.17, 15) is 18.7 Å². The molecule has 0 amide bonds. The fourth-order valence-corrected chi connectivity index (χ4v) is 2.75. The highest BCUT2D eigenvalue weighted by atomic mass is 32.2. The Bertz CT molecular complexity index is 270. The number of carbonyl (C=O) groups is 1. The second-order valence-electron chi connectivity index (χ2n) is 5.12. The Hall–Kier alpha value is -0.320. The summed E-state index contributed by atoms with van der Waals surface area (Å²) in [6.45, 7) is 7.08. The van der Waals surface area contributed by atoms with Crippen LogP contribution in [0.3, 0.4) is 0 Å². The molecule has 2 nitrogen and oxygen atoms in total. The lowest BCUT2D eigenvalue weighted by Crippen LogP contribution is -2.37. The van der Waals surface area contributed by atoms with Crippen molar-refractivity contribution in [1.29, 1.82) is 0 Å². The SMILES string of the molecule is CCCC(F)(F)CCCSC(C)(C(=O)O)C(C)C. The molecule has 0 aromatic rings. The molecular weight excluding hydrogens is 258 g/mol. The van der Waals surface area contributed by atoms with Gasteiger partial charge in [-0.3, -0.25) is 4.79 Å². The molecule has 1 N–H and O–H groups in total. The molecule has 0 aliphatic heterocycles. The lowest BCUT2D eigenvalue weighted by Gasteiger charge is -2.28. The van der Waals surface area contributed by atoms with Crippen LogP contribution in [0.2, 0.25) is 0 Å². The molecule has 0 spiro atoms. The molecule has 5 heteroatoms. The molecule has 0 rings (SSSR count). The first kappa shape index (κ1) is 17.7. The molecule has 0 saturated carbocycles. The van der Waals surface area contributed by atoms with Gasteiger partial charge in [0, 0.05) is 12.8 Å². The van der Waals surface area contributed by atoms with Crippen LogP contribution in [0.4, 0.5) is 8.78 Å². The van der Waals surface area contributed by atoms with E-state index >= 15 is 0 Å². The Morgan fingerprint density at radius 1 is 1.33 bits per heavy atom. The van der Waals surface area contributed by atoms with E-state index in [1.807, 2.05) is 13.8 Å². The summed E-state index contributed by atoms with van der Waals surface area (Å²) in [7, 11) is 0. The van der Waals surface area contributed by atoms with E-state index in [-0.39, 0.29) is 18.8 Å². The molecule has 0 fully saturated rings. The molecule has 108 valence electrons. The maximum Gasteiger partial charge on any atom is 0.319 e. The van der Waals surface area contributed by atoms with Gasteiger partial charge in [-0.15, -0.1) is 11.8 Å². The Morgan fingerprint density at radius 2 is 1.89 bits per heavy atom. The van der Waals surface area contributed by atoms with Crippen LogP contribution in [0.15, 0.2) is 0 Å². The maximum atomic E-state index is 13.2. The highest BCUT2D eigenvalue weighted by Gasteiger charge is 2.37. The summed E-state index contributed by atoms with van der Waals surface area (Å²) >= 11 is 1.27. The van der Waals surface area contributed by atoms with E-state index in [1.165, 1.54) is 11.8 Å². The van der Waals surface area contributed by atoms with Crippen molar-refractivity contribution in [2.75, 3.05) is 5.75 Å². The minimum absolute atomic E-state index is 0.0313. The van der Waals surface area contributed by atoms with Gasteiger partial charge in [-0.1, -0.05) is 27.2 Å². The summed E-state index contributed by atoms with van der Waals surface area (Å²) in [6, 6.07) is 0. The minimum Gasteiger partial charge on any atom is -0.480 e. The van der Waals surface area contributed by atoms with Crippen molar-refractivity contribution >= 4 is 17.7 Å². The quantitative estimate of drug-likeness (QED) is 0.635. The third kappa shape index (κ3) is 5.55. The van der Waals surface area contributed by atoms with Crippen LogP contribution >= 0.6 is 11.8 Å². The summed E-state index contributed by atoms with van der Waals surface area (Å²) in [6.07, 6.45) is 0.589. The lowest BCUT2D eigenvalue weighted by atomic mass is 9.97. The van der Waals surface area contributed by atoms with Gasteiger partial charge in [0.15, 0.2) is 0 Å². The molecule has 0 aliphatic carbocycles. The molecule has 0 saturated heterocycles. The van der Waals surface area contributed by atoms with Gasteiger partial charge in [0.1, 0.15) is 4.75 Å². The van der Waals surface area contributed by atoms with Gasteiger partial charge < -0.3 is 5.11 Å². The van der Waals surface area contributed by atoms with Gasteiger partial charge >= 0.3 is 5.97 Å². The minimum atomic E-state index is -2.60. The second-order valence-corrected chi connectivity index (χ2v) is 6.67. The monoisotopic (exact) mass is 282 g/mol. The third-order valence-electron chi connectivity index (χ3n) is 3.23. The van der Waals surface area contributed by atoms with Gasteiger partial charge in [0.2, 0.25) is 5.92 Å². The van der Waals surface area contributed by atoms with Crippen LogP contribution in [0.25, 0.3) is 0 Å². The fraction of sp³-hybridized carbons (Fsp3) is 0.923. The van der Waals surface area contributed by atoms with E-state index in [0.717, 1.165) is 0 Å². The van der Waals surface area contributed by atoms with Crippen molar-refractivity contribution in [1.82, 2.24) is 0 Å². The van der Waals surface area contributed by atoms with Crippen molar-refractivity contribution in [2.45, 2.75) is 64.0 Å². The predicted molar refractivity (Wildman–Crippen MR) is 72.4 cm³/mol. The number of thioether (sulfide) groups is 1. The number of rotatable bonds is 9. The number of hydrogen-bond acceptors (Lipinski definition) is 2. The highest BCUT2D eigenvalue weighted by Crippen LogP contribution is 2.35. The van der Waals surface area contributed by atoms with Crippen LogP contribution in [-0.2, 0) is 4.79 Å². The van der Waals surface area contributed by atoms with Crippen molar-refractivity contribution in [3.8, 4) is 0 Å². The number of hydrogen-bond donors (Lipinski definition) is 1. The van der Waals surface area contributed by atoms with E-state index in [2.05, 4.69) is 0 Å². The van der Waals surface area contributed by atoms with Gasteiger partial charge in [-0.05, 0) is 25.0 Å². The normalized spacial score (nSPS) is 15.7. The Morgan fingerprint density at radius 3 is 2.28 bits per heavy atom. The molecule has 0 heterocycles. The summed E-state index contributed by atoms with van der Waals surface area (Å²) in [4.78, 5) is 11.2. The number of carboxylic acids is 1. The number of aliphatic carboxylic acids is 1. The van der Waals surface area contributed by atoms with Crippen LogP contribution < -0.4 is 0 Å². The third-order valence-corrected chi connectivity index (χ3v) is 4.97. The topological polar surface area (TPSA) is 37.3 Å². The first-order valence-corrected chi connectivity index (χ1v) is 7.39. The molecule has 0 aliphatic rings. The summed E-state index contributed by atoms with van der Waals surface area (Å²) in [5, 5.41) is 9.18. The highest BCUT2D eigenvalue weighted by molar-refractivity contribution is 8.01. The van der Waals surface area contributed by atoms with Crippen molar-refractivity contribution in [3.05, 3.63) is 0 Å². The zero-order valence-corrected chi connectivity index (χ0v) is 12.4. The predicted octanol–water partition coefficient (Wildman–Crippen LogP) is 4.43. The van der Waals surface area contributed by atoms with Crippen LogP contribution in [0.5, 0.6) is 0 Å². The summed E-state index contributed by atoms with van der Waals surface area (Å²) < 4.78 is 25.6. The zero-order valence-electron chi connectivity index (χ0n) is 11.6. The molecule has 0 aromatic heterocycles. The molecular formula is C13H24F2O2S. The molecule has 0 bridgehead atoms. The average molecular weight is 282 g/mol. The van der Waals surface area contributed by atoms with E-state index in [0.29, 0.717) is 18.6 Å². The van der Waals surface area contributed by atoms with Crippen LogP contribution in [0, 0.1) is 5.92 Å². The van der Waals surface area contributed by atoms with E-state index in [1.54, 1.807) is 13.8 Å². The first-order valence-electron chi connectivity index (χ1n) is 6.41. The van der Waals surface area contributed by atoms with Crippen LogP contribution in [0.1, 0.15) is 53.4 Å². The van der Waals surface area contributed by atoms with Crippen LogP contribution in [-0.4, -0.2) is 27.5 Å². The lowest BCUT2D eigenvalue weighted by molar-refractivity contribution is -0.140. The smallest absolute Gasteiger partial charge is 0.319 e. The standard InChI is InChI=1S/C13H24F2O2S/c1-5-7-13(14,15)8-6-9-18-12(4,10(2)3)11(16)17/h10H,5-9H2,1-4H3,(H,16,17). The summed E-state index contributed by atoms with van der Waals surface area (Å²) in [5.74, 6) is -3.05. The average Bonchev–Trinajstić information content (AvgIpc) is 2.23. The Kier molecular flexibility index (Phi) is 7.18. The largest absolute Gasteiger partial charge is 0.480 e. The Labute approximate surface area is 113 Å². The zero-order chi connectivity index (χ0) is 14.4. The van der Waals surface area contributed by atoms with Crippen molar-refractivity contribution in [2.24, 2.45) is 5.92 Å². The fourth-order valence-electron chi connectivity index (χ4n) is 1.58. The summed E-state index contributed by atoms with van der Waals surface area (Å²) in [5.41, 5.74) is 0. The molecule has 0 radical (unpaired) electrons. The molecule has 1 atom stereocenters. The number of halogens is 2. The molecule has 0 aromatic carbocycles. The van der Waals surface area contributed by atoms with E-state index in [4.69, 9.17) is 0 Å². The van der Waals surface area contributed by atoms with Crippen molar-refractivity contribution < 1.29 is 18.7 Å². The van der Waals surface area contributed by atoms with Gasteiger partial charge in [0.05, 0.1) is 0 Å².